The molecule has 0 aliphatic carbocycles. The van der Waals surface area contributed by atoms with Crippen molar-refractivity contribution in [3.05, 3.63) is 40.5 Å². The van der Waals surface area contributed by atoms with Crippen molar-refractivity contribution < 1.29 is 0 Å². The lowest BCUT2D eigenvalue weighted by Gasteiger charge is -2.01. The minimum absolute atomic E-state index is 0.239. The van der Waals surface area contributed by atoms with Crippen molar-refractivity contribution in [1.29, 1.82) is 5.26 Å². The number of halogens is 1. The molecule has 0 amide bonds. The summed E-state index contributed by atoms with van der Waals surface area (Å²) in [5, 5.41) is 14.0. The van der Waals surface area contributed by atoms with Crippen molar-refractivity contribution in [1.82, 2.24) is 19.6 Å². The summed E-state index contributed by atoms with van der Waals surface area (Å²) < 4.78 is 1.37. The van der Waals surface area contributed by atoms with Gasteiger partial charge in [0.05, 0.1) is 5.69 Å². The molecule has 0 radical (unpaired) electrons. The number of rotatable bonds is 1. The average Bonchev–Trinajstić information content (AvgIpc) is 2.84. The SMILES string of the molecule is Cc1nc2nc(-c3ccc(Cl)cc3)nn2c(N)c1C#N. The third-order valence-corrected chi connectivity index (χ3v) is 3.17. The zero-order valence-corrected chi connectivity index (χ0v) is 11.3. The lowest BCUT2D eigenvalue weighted by atomic mass is 10.2. The van der Waals surface area contributed by atoms with Gasteiger partial charge in [0.15, 0.2) is 5.82 Å². The highest BCUT2D eigenvalue weighted by molar-refractivity contribution is 6.30. The van der Waals surface area contributed by atoms with Crippen LogP contribution in [0.2, 0.25) is 5.02 Å². The van der Waals surface area contributed by atoms with E-state index in [1.54, 1.807) is 19.1 Å². The predicted molar refractivity (Wildman–Crippen MR) is 75.1 cm³/mol. The van der Waals surface area contributed by atoms with E-state index in [0.29, 0.717) is 27.9 Å². The minimum atomic E-state index is 0.239. The van der Waals surface area contributed by atoms with Gasteiger partial charge < -0.3 is 5.73 Å². The summed E-state index contributed by atoms with van der Waals surface area (Å²) in [5.74, 6) is 1.09. The van der Waals surface area contributed by atoms with Gasteiger partial charge in [0.25, 0.3) is 5.78 Å². The Balaban J connectivity index is 2.23. The lowest BCUT2D eigenvalue weighted by Crippen LogP contribution is -2.06. The van der Waals surface area contributed by atoms with Crippen LogP contribution in [-0.2, 0) is 0 Å². The Morgan fingerprint density at radius 3 is 2.60 bits per heavy atom. The van der Waals surface area contributed by atoms with E-state index in [2.05, 4.69) is 15.1 Å². The van der Waals surface area contributed by atoms with E-state index >= 15 is 0 Å². The maximum atomic E-state index is 9.07. The van der Waals surface area contributed by atoms with Crippen LogP contribution < -0.4 is 5.73 Å². The topological polar surface area (TPSA) is 92.9 Å². The second kappa shape index (κ2) is 4.47. The number of nitrogen functional groups attached to an aromatic ring is 1. The Morgan fingerprint density at radius 1 is 1.25 bits per heavy atom. The molecule has 0 saturated heterocycles. The number of nitrogens with zero attached hydrogens (tertiary/aromatic N) is 5. The van der Waals surface area contributed by atoms with Crippen LogP contribution in [0.3, 0.4) is 0 Å². The smallest absolute Gasteiger partial charge is 0.254 e. The van der Waals surface area contributed by atoms with Crippen LogP contribution >= 0.6 is 11.6 Å². The largest absolute Gasteiger partial charge is 0.382 e. The van der Waals surface area contributed by atoms with Crippen molar-refractivity contribution in [2.75, 3.05) is 5.73 Å². The Labute approximate surface area is 119 Å². The maximum Gasteiger partial charge on any atom is 0.254 e. The molecule has 2 N–H and O–H groups in total. The van der Waals surface area contributed by atoms with Crippen molar-refractivity contribution in [2.24, 2.45) is 0 Å². The molecule has 0 bridgehead atoms. The first kappa shape index (κ1) is 12.4. The summed E-state index contributed by atoms with van der Waals surface area (Å²) >= 11 is 5.85. The highest BCUT2D eigenvalue weighted by Crippen LogP contribution is 2.21. The molecule has 0 aliphatic heterocycles. The van der Waals surface area contributed by atoms with Gasteiger partial charge in [0.1, 0.15) is 17.5 Å². The summed E-state index contributed by atoms with van der Waals surface area (Å²) in [6, 6.07) is 9.15. The molecular formula is C13H9ClN6. The van der Waals surface area contributed by atoms with Gasteiger partial charge in [0.2, 0.25) is 0 Å². The molecule has 6 nitrogen and oxygen atoms in total. The van der Waals surface area contributed by atoms with Crippen molar-refractivity contribution in [3.63, 3.8) is 0 Å². The first-order chi connectivity index (χ1) is 9.60. The van der Waals surface area contributed by atoms with Crippen molar-refractivity contribution in [2.45, 2.75) is 6.92 Å². The van der Waals surface area contributed by atoms with Gasteiger partial charge in [0, 0.05) is 10.6 Å². The molecule has 0 fully saturated rings. The molecule has 2 heterocycles. The molecule has 2 aromatic heterocycles. The third-order valence-electron chi connectivity index (χ3n) is 2.92. The molecule has 3 aromatic rings. The number of anilines is 1. The molecule has 1 aromatic carbocycles. The normalized spacial score (nSPS) is 10.7. The summed E-state index contributed by atoms with van der Waals surface area (Å²) in [6.45, 7) is 1.71. The molecule has 3 rings (SSSR count). The van der Waals surface area contributed by atoms with Crippen LogP contribution in [0.1, 0.15) is 11.3 Å². The predicted octanol–water partition coefficient (Wildman–Crippen LogP) is 2.21. The molecule has 0 spiro atoms. The number of hydrogen-bond donors (Lipinski definition) is 1. The van der Waals surface area contributed by atoms with E-state index in [0.717, 1.165) is 5.56 Å². The Morgan fingerprint density at radius 2 is 1.95 bits per heavy atom. The van der Waals surface area contributed by atoms with E-state index in [-0.39, 0.29) is 5.82 Å². The monoisotopic (exact) mass is 284 g/mol. The summed E-state index contributed by atoms with van der Waals surface area (Å²) in [5.41, 5.74) is 7.57. The van der Waals surface area contributed by atoms with E-state index in [1.807, 2.05) is 18.2 Å². The molecule has 0 atom stereocenters. The number of nitriles is 1. The number of nitrogens with two attached hydrogens (primary N) is 1. The van der Waals surface area contributed by atoms with Crippen LogP contribution in [0.15, 0.2) is 24.3 Å². The van der Waals surface area contributed by atoms with Gasteiger partial charge in [-0.2, -0.15) is 14.8 Å². The Hall–Kier alpha value is -2.65. The zero-order valence-electron chi connectivity index (χ0n) is 10.5. The lowest BCUT2D eigenvalue weighted by molar-refractivity contribution is 0.939. The zero-order chi connectivity index (χ0) is 14.3. The molecule has 0 aliphatic rings. The molecule has 7 heteroatoms. The molecular weight excluding hydrogens is 276 g/mol. The fraction of sp³-hybridized carbons (Fsp3) is 0.0769. The minimum Gasteiger partial charge on any atom is -0.382 e. The van der Waals surface area contributed by atoms with Gasteiger partial charge in [-0.1, -0.05) is 11.6 Å². The second-order valence-corrected chi connectivity index (χ2v) is 4.66. The van der Waals surface area contributed by atoms with Gasteiger partial charge in [-0.15, -0.1) is 5.10 Å². The van der Waals surface area contributed by atoms with Gasteiger partial charge in [-0.25, -0.2) is 4.98 Å². The highest BCUT2D eigenvalue weighted by Gasteiger charge is 2.14. The quantitative estimate of drug-likeness (QED) is 0.739. The number of fused-ring (bicyclic) bond motifs is 1. The molecule has 98 valence electrons. The van der Waals surface area contributed by atoms with E-state index in [1.165, 1.54) is 4.52 Å². The van der Waals surface area contributed by atoms with E-state index in [4.69, 9.17) is 22.6 Å². The van der Waals surface area contributed by atoms with Crippen molar-refractivity contribution >= 4 is 23.2 Å². The van der Waals surface area contributed by atoms with E-state index < -0.39 is 0 Å². The fourth-order valence-electron chi connectivity index (χ4n) is 1.89. The van der Waals surface area contributed by atoms with Crippen molar-refractivity contribution in [3.8, 4) is 17.5 Å². The van der Waals surface area contributed by atoms with Crippen LogP contribution in [0.5, 0.6) is 0 Å². The maximum absolute atomic E-state index is 9.07. The van der Waals surface area contributed by atoms with E-state index in [9.17, 15) is 0 Å². The Bertz CT molecular complexity index is 844. The van der Waals surface area contributed by atoms with Crippen LogP contribution in [0.4, 0.5) is 5.82 Å². The summed E-state index contributed by atoms with van der Waals surface area (Å²) in [6.07, 6.45) is 0. The second-order valence-electron chi connectivity index (χ2n) is 4.22. The molecule has 0 unspecified atom stereocenters. The average molecular weight is 285 g/mol. The fourth-order valence-corrected chi connectivity index (χ4v) is 2.02. The van der Waals surface area contributed by atoms with Gasteiger partial charge in [-0.05, 0) is 31.2 Å². The molecule has 0 saturated carbocycles. The molecule has 20 heavy (non-hydrogen) atoms. The summed E-state index contributed by atoms with van der Waals surface area (Å²) in [7, 11) is 0. The standard InChI is InChI=1S/C13H9ClN6/c1-7-10(6-15)11(16)20-13(17-7)18-12(19-20)8-2-4-9(14)5-3-8/h2-5H,16H2,1H3. The van der Waals surface area contributed by atoms with Crippen LogP contribution in [0.25, 0.3) is 17.2 Å². The van der Waals surface area contributed by atoms with Crippen LogP contribution in [0, 0.1) is 18.3 Å². The number of benzene rings is 1. The number of aryl methyl sites for hydroxylation is 1. The Kier molecular flexibility index (Phi) is 2.77. The van der Waals surface area contributed by atoms with Crippen LogP contribution in [-0.4, -0.2) is 19.6 Å². The van der Waals surface area contributed by atoms with Gasteiger partial charge in [-0.3, -0.25) is 0 Å². The number of hydrogen-bond acceptors (Lipinski definition) is 5. The highest BCUT2D eigenvalue weighted by atomic mass is 35.5. The van der Waals surface area contributed by atoms with Gasteiger partial charge >= 0.3 is 0 Å². The third kappa shape index (κ3) is 1.85. The first-order valence-electron chi connectivity index (χ1n) is 5.79. The first-order valence-corrected chi connectivity index (χ1v) is 6.17. The number of aromatic nitrogens is 4. The summed E-state index contributed by atoms with van der Waals surface area (Å²) in [4.78, 5) is 8.55.